The molecular formula is C50H90O5. The van der Waals surface area contributed by atoms with Crippen molar-refractivity contribution >= 4 is 11.9 Å². The zero-order valence-electron chi connectivity index (χ0n) is 36.4. The second-order valence-corrected chi connectivity index (χ2v) is 15.8. The Morgan fingerprint density at radius 1 is 0.436 bits per heavy atom. The molecule has 1 atom stereocenters. The molecule has 5 nitrogen and oxygen atoms in total. The Balaban J connectivity index is 3.46. The van der Waals surface area contributed by atoms with Crippen molar-refractivity contribution in [3.8, 4) is 0 Å². The van der Waals surface area contributed by atoms with E-state index >= 15 is 0 Å². The van der Waals surface area contributed by atoms with Gasteiger partial charge in [-0.05, 0) is 38.5 Å². The molecule has 1 unspecified atom stereocenters. The highest BCUT2D eigenvalue weighted by atomic mass is 16.6. The van der Waals surface area contributed by atoms with Gasteiger partial charge in [0.25, 0.3) is 0 Å². The predicted molar refractivity (Wildman–Crippen MR) is 237 cm³/mol. The van der Waals surface area contributed by atoms with Crippen molar-refractivity contribution in [3.63, 3.8) is 0 Å². The minimum absolute atomic E-state index is 0.0927. The number of hydrogen-bond donors (Lipinski definition) is 1. The molecule has 55 heavy (non-hydrogen) atoms. The highest BCUT2D eigenvalue weighted by Crippen LogP contribution is 2.16. The summed E-state index contributed by atoms with van der Waals surface area (Å²) in [6.45, 7) is 3.98. The van der Waals surface area contributed by atoms with Crippen LogP contribution >= 0.6 is 0 Å². The van der Waals surface area contributed by atoms with Gasteiger partial charge in [-0.3, -0.25) is 9.59 Å². The van der Waals surface area contributed by atoms with E-state index in [2.05, 4.69) is 50.3 Å². The second-order valence-electron chi connectivity index (χ2n) is 15.8. The minimum atomic E-state index is -0.808. The summed E-state index contributed by atoms with van der Waals surface area (Å²) >= 11 is 0. The Kier molecular flexibility index (Phi) is 44.4. The maximum Gasteiger partial charge on any atom is 0.306 e. The summed E-state index contributed by atoms with van der Waals surface area (Å²) < 4.78 is 10.6. The first kappa shape index (κ1) is 52.9. The first-order valence-electron chi connectivity index (χ1n) is 23.7. The number of rotatable bonds is 43. The lowest BCUT2D eigenvalue weighted by Crippen LogP contribution is -2.28. The number of allylic oxidation sites excluding steroid dienone is 8. The van der Waals surface area contributed by atoms with Gasteiger partial charge in [0.1, 0.15) is 6.61 Å². The Morgan fingerprint density at radius 3 is 1.15 bits per heavy atom. The molecule has 0 fully saturated rings. The van der Waals surface area contributed by atoms with Gasteiger partial charge in [-0.15, -0.1) is 0 Å². The van der Waals surface area contributed by atoms with Crippen LogP contribution in [0.5, 0.6) is 0 Å². The van der Waals surface area contributed by atoms with E-state index in [1.54, 1.807) is 0 Å². The van der Waals surface area contributed by atoms with Gasteiger partial charge in [-0.25, -0.2) is 0 Å². The standard InChI is InChI=1S/C50H90O5/c1-3-5-7-9-11-13-15-17-18-19-20-21-22-23-24-25-26-27-28-29-30-31-33-34-36-38-40-42-44-49(52)54-47-48(46-51)55-50(53)45-43-41-39-37-35-32-16-14-12-10-8-6-4-2/h6,8,12,14,32,35,39,41,48,51H,3-5,7,9-11,13,15-31,33-34,36-38,40,42-47H2,1-2H3/b8-6-,14-12-,35-32-,41-39-. The van der Waals surface area contributed by atoms with E-state index in [1.165, 1.54) is 161 Å². The van der Waals surface area contributed by atoms with Crippen LogP contribution in [0.3, 0.4) is 0 Å². The van der Waals surface area contributed by atoms with E-state index in [0.717, 1.165) is 44.9 Å². The number of aliphatic hydroxyl groups excluding tert-OH is 1. The van der Waals surface area contributed by atoms with E-state index < -0.39 is 12.1 Å². The average molecular weight is 771 g/mol. The van der Waals surface area contributed by atoms with E-state index in [-0.39, 0.29) is 25.6 Å². The lowest BCUT2D eigenvalue weighted by Gasteiger charge is -2.15. The largest absolute Gasteiger partial charge is 0.462 e. The highest BCUT2D eigenvalue weighted by molar-refractivity contribution is 5.70. The molecule has 0 aromatic carbocycles. The summed E-state index contributed by atoms with van der Waals surface area (Å²) in [7, 11) is 0. The van der Waals surface area contributed by atoms with Crippen molar-refractivity contribution in [1.29, 1.82) is 0 Å². The van der Waals surface area contributed by atoms with Crippen LogP contribution in [0.1, 0.15) is 239 Å². The summed E-state index contributed by atoms with van der Waals surface area (Å²) in [6, 6.07) is 0. The third kappa shape index (κ3) is 44.4. The topological polar surface area (TPSA) is 72.8 Å². The predicted octanol–water partition coefficient (Wildman–Crippen LogP) is 15.4. The van der Waals surface area contributed by atoms with Crippen molar-refractivity contribution in [2.45, 2.75) is 245 Å². The van der Waals surface area contributed by atoms with Crippen LogP contribution in [0.25, 0.3) is 0 Å². The Bertz CT molecular complexity index is 919. The lowest BCUT2D eigenvalue weighted by atomic mass is 10.0. The first-order chi connectivity index (χ1) is 27.1. The third-order valence-electron chi connectivity index (χ3n) is 10.4. The molecule has 0 aromatic heterocycles. The SMILES string of the molecule is CC/C=C\C/C=C\C/C=C\C/C=C\CCC(=O)OC(CO)COC(=O)CCCCCCCCCCCCCCCCCCCCCCCCCCCCCC. The molecule has 0 amide bonds. The number of carbonyl (C=O) groups excluding carboxylic acids is 2. The van der Waals surface area contributed by atoms with Crippen LogP contribution < -0.4 is 0 Å². The minimum Gasteiger partial charge on any atom is -0.462 e. The molecule has 5 heteroatoms. The van der Waals surface area contributed by atoms with Gasteiger partial charge in [-0.2, -0.15) is 0 Å². The molecule has 0 saturated carbocycles. The van der Waals surface area contributed by atoms with Crippen LogP contribution in [-0.2, 0) is 19.1 Å². The van der Waals surface area contributed by atoms with Gasteiger partial charge in [-0.1, -0.05) is 236 Å². The average Bonchev–Trinajstić information content (AvgIpc) is 3.19. The molecule has 0 bridgehead atoms. The van der Waals surface area contributed by atoms with Crippen LogP contribution in [0.4, 0.5) is 0 Å². The normalized spacial score (nSPS) is 12.6. The Hall–Kier alpha value is -2.14. The number of carbonyl (C=O) groups is 2. The Labute approximate surface area is 341 Å². The molecule has 0 aliphatic rings. The first-order valence-corrected chi connectivity index (χ1v) is 23.7. The van der Waals surface area contributed by atoms with E-state index in [1.807, 2.05) is 12.2 Å². The fraction of sp³-hybridized carbons (Fsp3) is 0.800. The monoisotopic (exact) mass is 771 g/mol. The number of hydrogen-bond acceptors (Lipinski definition) is 5. The molecule has 0 aliphatic carbocycles. The summed E-state index contributed by atoms with van der Waals surface area (Å²) in [4.78, 5) is 24.3. The van der Waals surface area contributed by atoms with Crippen molar-refractivity contribution in [3.05, 3.63) is 48.6 Å². The van der Waals surface area contributed by atoms with E-state index in [4.69, 9.17) is 9.47 Å². The van der Waals surface area contributed by atoms with Gasteiger partial charge in [0.05, 0.1) is 6.61 Å². The molecule has 1 N–H and O–H groups in total. The molecule has 0 spiro atoms. The van der Waals surface area contributed by atoms with Crippen molar-refractivity contribution < 1.29 is 24.2 Å². The molecule has 0 aromatic rings. The summed E-state index contributed by atoms with van der Waals surface area (Å²) in [5, 5.41) is 9.56. The van der Waals surface area contributed by atoms with Crippen LogP contribution in [-0.4, -0.2) is 36.4 Å². The smallest absolute Gasteiger partial charge is 0.306 e. The fourth-order valence-corrected chi connectivity index (χ4v) is 6.86. The molecular weight excluding hydrogens is 681 g/mol. The van der Waals surface area contributed by atoms with Gasteiger partial charge in [0.15, 0.2) is 6.10 Å². The summed E-state index contributed by atoms with van der Waals surface area (Å²) in [5.41, 5.74) is 0. The number of unbranched alkanes of at least 4 members (excludes halogenated alkanes) is 27. The maximum absolute atomic E-state index is 12.1. The van der Waals surface area contributed by atoms with Crippen molar-refractivity contribution in [1.82, 2.24) is 0 Å². The number of esters is 2. The second kappa shape index (κ2) is 46.2. The molecule has 0 aliphatic heterocycles. The lowest BCUT2D eigenvalue weighted by molar-refractivity contribution is -0.161. The van der Waals surface area contributed by atoms with E-state index in [0.29, 0.717) is 12.8 Å². The molecule has 0 rings (SSSR count). The molecule has 0 radical (unpaired) electrons. The third-order valence-corrected chi connectivity index (χ3v) is 10.4. The highest BCUT2D eigenvalue weighted by Gasteiger charge is 2.15. The molecule has 320 valence electrons. The summed E-state index contributed by atoms with van der Waals surface area (Å²) in [5.74, 6) is -0.678. The number of ether oxygens (including phenoxy) is 2. The Morgan fingerprint density at radius 2 is 0.782 bits per heavy atom. The molecule has 0 saturated heterocycles. The van der Waals surface area contributed by atoms with Crippen molar-refractivity contribution in [2.75, 3.05) is 13.2 Å². The molecule has 0 heterocycles. The summed E-state index contributed by atoms with van der Waals surface area (Å²) in [6.07, 6.45) is 59.5. The van der Waals surface area contributed by atoms with Crippen LogP contribution in [0.15, 0.2) is 48.6 Å². The zero-order valence-corrected chi connectivity index (χ0v) is 36.4. The number of aliphatic hydroxyl groups is 1. The van der Waals surface area contributed by atoms with Gasteiger partial charge >= 0.3 is 11.9 Å². The van der Waals surface area contributed by atoms with Gasteiger partial charge < -0.3 is 14.6 Å². The van der Waals surface area contributed by atoms with Crippen LogP contribution in [0, 0.1) is 0 Å². The quantitative estimate of drug-likeness (QED) is 0.0380. The van der Waals surface area contributed by atoms with Crippen LogP contribution in [0.2, 0.25) is 0 Å². The van der Waals surface area contributed by atoms with Gasteiger partial charge in [0, 0.05) is 12.8 Å². The van der Waals surface area contributed by atoms with Gasteiger partial charge in [0.2, 0.25) is 0 Å². The fourth-order valence-electron chi connectivity index (χ4n) is 6.86. The maximum atomic E-state index is 12.1. The van der Waals surface area contributed by atoms with E-state index in [9.17, 15) is 14.7 Å². The zero-order chi connectivity index (χ0) is 40.0. The van der Waals surface area contributed by atoms with Crippen molar-refractivity contribution in [2.24, 2.45) is 0 Å².